The molecular formula is C16H23FN2O. The number of benzene rings is 1. The van der Waals surface area contributed by atoms with Gasteiger partial charge in [0.05, 0.1) is 6.10 Å². The summed E-state index contributed by atoms with van der Waals surface area (Å²) in [6, 6.07) is 7.03. The van der Waals surface area contributed by atoms with Gasteiger partial charge in [0.25, 0.3) is 0 Å². The predicted octanol–water partition coefficient (Wildman–Crippen LogP) is 2.03. The number of hydrogen-bond donors (Lipinski definition) is 1. The van der Waals surface area contributed by atoms with E-state index in [2.05, 4.69) is 9.80 Å². The van der Waals surface area contributed by atoms with Crippen LogP contribution in [0, 0.1) is 5.82 Å². The van der Waals surface area contributed by atoms with Crippen LogP contribution in [0.15, 0.2) is 24.3 Å². The molecule has 0 aromatic heterocycles. The minimum absolute atomic E-state index is 0.253. The second-order valence-corrected chi connectivity index (χ2v) is 5.96. The quantitative estimate of drug-likeness (QED) is 0.893. The second-order valence-electron chi connectivity index (χ2n) is 5.96. The molecule has 20 heavy (non-hydrogen) atoms. The lowest BCUT2D eigenvalue weighted by Gasteiger charge is -2.35. The van der Waals surface area contributed by atoms with Gasteiger partial charge in [-0.1, -0.05) is 12.1 Å². The van der Waals surface area contributed by atoms with E-state index in [0.29, 0.717) is 0 Å². The van der Waals surface area contributed by atoms with Crippen molar-refractivity contribution in [2.24, 2.45) is 0 Å². The highest BCUT2D eigenvalue weighted by molar-refractivity contribution is 5.18. The molecule has 2 aliphatic rings. The van der Waals surface area contributed by atoms with Gasteiger partial charge in [-0.25, -0.2) is 4.39 Å². The zero-order valence-electron chi connectivity index (χ0n) is 11.8. The largest absolute Gasteiger partial charge is 0.388 e. The van der Waals surface area contributed by atoms with Crippen molar-refractivity contribution >= 4 is 0 Å². The molecule has 1 saturated carbocycles. The fourth-order valence-electron chi connectivity index (χ4n) is 2.95. The van der Waals surface area contributed by atoms with Crippen LogP contribution in [0.2, 0.25) is 0 Å². The third kappa shape index (κ3) is 3.57. The van der Waals surface area contributed by atoms with Crippen molar-refractivity contribution in [1.82, 2.24) is 9.80 Å². The summed E-state index contributed by atoms with van der Waals surface area (Å²) in [4.78, 5) is 5.01. The van der Waals surface area contributed by atoms with E-state index in [9.17, 15) is 9.50 Å². The maximum absolute atomic E-state index is 12.8. The first-order valence-electron chi connectivity index (χ1n) is 7.62. The van der Waals surface area contributed by atoms with E-state index < -0.39 is 6.10 Å². The molecule has 1 atom stereocenters. The van der Waals surface area contributed by atoms with E-state index in [1.807, 2.05) is 0 Å². The molecule has 1 aliphatic heterocycles. The Morgan fingerprint density at radius 1 is 1.10 bits per heavy atom. The monoisotopic (exact) mass is 278 g/mol. The summed E-state index contributed by atoms with van der Waals surface area (Å²) >= 11 is 0. The molecule has 1 unspecified atom stereocenters. The van der Waals surface area contributed by atoms with Crippen molar-refractivity contribution in [3.8, 4) is 0 Å². The van der Waals surface area contributed by atoms with Crippen LogP contribution >= 0.6 is 0 Å². The highest BCUT2D eigenvalue weighted by atomic mass is 19.1. The number of halogens is 1. The van der Waals surface area contributed by atoms with Crippen LogP contribution in [0.4, 0.5) is 4.39 Å². The van der Waals surface area contributed by atoms with Gasteiger partial charge in [-0.05, 0) is 37.0 Å². The van der Waals surface area contributed by atoms with Crippen LogP contribution in [0.1, 0.15) is 30.9 Å². The fraction of sp³-hybridized carbons (Fsp3) is 0.625. The Hall–Kier alpha value is -0.970. The van der Waals surface area contributed by atoms with Crippen LogP contribution in [0.5, 0.6) is 0 Å². The molecule has 1 aromatic carbocycles. The summed E-state index contributed by atoms with van der Waals surface area (Å²) in [5, 5.41) is 10.1. The smallest absolute Gasteiger partial charge is 0.123 e. The number of nitrogens with zero attached hydrogens (tertiary/aromatic N) is 2. The van der Waals surface area contributed by atoms with Gasteiger partial charge >= 0.3 is 0 Å². The van der Waals surface area contributed by atoms with Gasteiger partial charge in [-0.15, -0.1) is 0 Å². The molecule has 110 valence electrons. The van der Waals surface area contributed by atoms with Gasteiger partial charge in [0.2, 0.25) is 0 Å². The standard InChI is InChI=1S/C16H23FN2O/c17-14-3-1-13(2-4-14)16(20)7-8-18-9-11-19(12-10-18)15-5-6-15/h1-4,15-16,20H,5-12H2. The lowest BCUT2D eigenvalue weighted by Crippen LogP contribution is -2.47. The molecule has 0 spiro atoms. The lowest BCUT2D eigenvalue weighted by molar-refractivity contribution is 0.0990. The van der Waals surface area contributed by atoms with Crippen molar-refractivity contribution < 1.29 is 9.50 Å². The van der Waals surface area contributed by atoms with E-state index in [1.165, 1.54) is 25.0 Å². The molecule has 3 rings (SSSR count). The Labute approximate surface area is 120 Å². The second kappa shape index (κ2) is 6.20. The molecule has 3 nitrogen and oxygen atoms in total. The summed E-state index contributed by atoms with van der Waals surface area (Å²) in [5.74, 6) is -0.253. The highest BCUT2D eigenvalue weighted by Crippen LogP contribution is 2.27. The molecule has 1 heterocycles. The van der Waals surface area contributed by atoms with E-state index in [4.69, 9.17) is 0 Å². The Kier molecular flexibility index (Phi) is 4.34. The number of piperazine rings is 1. The number of rotatable bonds is 5. The molecule has 2 fully saturated rings. The summed E-state index contributed by atoms with van der Waals surface area (Å²) in [7, 11) is 0. The molecule has 1 saturated heterocycles. The average Bonchev–Trinajstić information content (AvgIpc) is 3.31. The summed E-state index contributed by atoms with van der Waals surface area (Å²) < 4.78 is 12.8. The molecule has 0 radical (unpaired) electrons. The number of aliphatic hydroxyl groups is 1. The lowest BCUT2D eigenvalue weighted by atomic mass is 10.1. The Balaban J connectivity index is 1.41. The van der Waals surface area contributed by atoms with Gasteiger partial charge in [-0.3, -0.25) is 4.90 Å². The highest BCUT2D eigenvalue weighted by Gasteiger charge is 2.31. The van der Waals surface area contributed by atoms with Crippen molar-refractivity contribution in [3.63, 3.8) is 0 Å². The zero-order chi connectivity index (χ0) is 13.9. The van der Waals surface area contributed by atoms with Crippen molar-refractivity contribution in [2.75, 3.05) is 32.7 Å². The maximum Gasteiger partial charge on any atom is 0.123 e. The minimum Gasteiger partial charge on any atom is -0.388 e. The van der Waals surface area contributed by atoms with Crippen molar-refractivity contribution in [1.29, 1.82) is 0 Å². The van der Waals surface area contributed by atoms with Crippen molar-refractivity contribution in [3.05, 3.63) is 35.6 Å². The van der Waals surface area contributed by atoms with Gasteiger partial charge in [0.1, 0.15) is 5.82 Å². The Morgan fingerprint density at radius 2 is 1.75 bits per heavy atom. The van der Waals surface area contributed by atoms with E-state index >= 15 is 0 Å². The van der Waals surface area contributed by atoms with Crippen LogP contribution < -0.4 is 0 Å². The van der Waals surface area contributed by atoms with Gasteiger partial charge < -0.3 is 10.0 Å². The SMILES string of the molecule is OC(CCN1CCN(C2CC2)CC1)c1ccc(F)cc1. The van der Waals surface area contributed by atoms with Crippen LogP contribution in [-0.4, -0.2) is 53.7 Å². The Bertz CT molecular complexity index is 425. The van der Waals surface area contributed by atoms with E-state index in [1.54, 1.807) is 12.1 Å². The van der Waals surface area contributed by atoms with Crippen molar-refractivity contribution in [2.45, 2.75) is 31.4 Å². The first kappa shape index (κ1) is 14.0. The van der Waals surface area contributed by atoms with Crippen LogP contribution in [-0.2, 0) is 0 Å². The van der Waals surface area contributed by atoms with Gasteiger partial charge in [0.15, 0.2) is 0 Å². The molecule has 4 heteroatoms. The summed E-state index contributed by atoms with van der Waals surface area (Å²) in [6.45, 7) is 5.45. The molecule has 1 aliphatic carbocycles. The van der Waals surface area contributed by atoms with E-state index in [0.717, 1.165) is 50.7 Å². The van der Waals surface area contributed by atoms with Crippen LogP contribution in [0.25, 0.3) is 0 Å². The molecule has 0 bridgehead atoms. The fourth-order valence-corrected chi connectivity index (χ4v) is 2.95. The zero-order valence-corrected chi connectivity index (χ0v) is 11.8. The molecular weight excluding hydrogens is 255 g/mol. The molecule has 0 amide bonds. The third-order valence-electron chi connectivity index (χ3n) is 4.44. The summed E-state index contributed by atoms with van der Waals surface area (Å²) in [5.41, 5.74) is 0.808. The number of hydrogen-bond acceptors (Lipinski definition) is 3. The Morgan fingerprint density at radius 3 is 2.35 bits per heavy atom. The maximum atomic E-state index is 12.8. The summed E-state index contributed by atoms with van der Waals surface area (Å²) in [6.07, 6.45) is 2.99. The predicted molar refractivity (Wildman–Crippen MR) is 77.0 cm³/mol. The average molecular weight is 278 g/mol. The normalized spacial score (nSPS) is 22.9. The first-order valence-corrected chi connectivity index (χ1v) is 7.62. The third-order valence-corrected chi connectivity index (χ3v) is 4.44. The van der Waals surface area contributed by atoms with Gasteiger partial charge in [-0.2, -0.15) is 0 Å². The first-order chi connectivity index (χ1) is 9.72. The van der Waals surface area contributed by atoms with E-state index in [-0.39, 0.29) is 5.82 Å². The van der Waals surface area contributed by atoms with Crippen LogP contribution in [0.3, 0.4) is 0 Å². The minimum atomic E-state index is -0.489. The number of aliphatic hydroxyl groups excluding tert-OH is 1. The molecule has 1 aromatic rings. The van der Waals surface area contributed by atoms with Gasteiger partial charge in [0, 0.05) is 38.8 Å². The molecule has 1 N–H and O–H groups in total. The topological polar surface area (TPSA) is 26.7 Å².